The number of aliphatic hydroxyl groups is 1. The van der Waals surface area contributed by atoms with E-state index in [2.05, 4.69) is 23.7 Å². The third kappa shape index (κ3) is 6.53. The van der Waals surface area contributed by atoms with Crippen LogP contribution in [0.1, 0.15) is 65.7 Å². The number of β-amino-alcohol motifs (C(OH)–C–C–N with tert-alkyl or cyclic N) is 1. The highest BCUT2D eigenvalue weighted by Crippen LogP contribution is 2.52. The number of methoxy groups -OCH3 is 1. The molecule has 4 N–H and O–H groups in total. The van der Waals surface area contributed by atoms with Gasteiger partial charge in [0.05, 0.1) is 33.5 Å². The molecule has 4 heterocycles. The predicted molar refractivity (Wildman–Crippen MR) is 198 cm³/mol. The Morgan fingerprint density at radius 1 is 1.08 bits per heavy atom. The highest BCUT2D eigenvalue weighted by molar-refractivity contribution is 6.02. The van der Waals surface area contributed by atoms with Crippen LogP contribution < -0.4 is 20.1 Å². The van der Waals surface area contributed by atoms with Crippen molar-refractivity contribution < 1.29 is 33.2 Å². The van der Waals surface area contributed by atoms with E-state index in [0.717, 1.165) is 51.5 Å². The third-order valence-electron chi connectivity index (χ3n) is 12.3. The number of aromatic hydroxyl groups is 1. The molecule has 4 aromatic rings. The Morgan fingerprint density at radius 3 is 2.64 bits per heavy atom. The van der Waals surface area contributed by atoms with Crippen LogP contribution >= 0.6 is 0 Å². The molecule has 2 aromatic carbocycles. The molecular formula is C40H50F2N6O5. The number of aromatic nitrogens is 3. The summed E-state index contributed by atoms with van der Waals surface area (Å²) in [7, 11) is 1.41. The summed E-state index contributed by atoms with van der Waals surface area (Å²) in [6.45, 7) is 8.25. The summed E-state index contributed by atoms with van der Waals surface area (Å²) >= 11 is 0. The number of pyridine rings is 1. The van der Waals surface area contributed by atoms with Crippen molar-refractivity contribution in [1.29, 1.82) is 0 Å². The van der Waals surface area contributed by atoms with Gasteiger partial charge in [0.1, 0.15) is 39.6 Å². The van der Waals surface area contributed by atoms with Crippen molar-refractivity contribution in [2.24, 2.45) is 17.1 Å². The fraction of sp³-hybridized carbons (Fsp3) is 0.575. The molecule has 3 atom stereocenters. The van der Waals surface area contributed by atoms with Crippen molar-refractivity contribution in [2.45, 2.75) is 88.9 Å². The number of piperidine rings is 1. The Labute approximate surface area is 308 Å². The number of phenolic OH excluding ortho intramolecular Hbond substituents is 1. The standard InChI is InChI=1S/C40H50F2N6O5/c1-38(2,43)24-17-25(18-24)48-13-7-12-40(11-6-10-29(40)48)22-53-37-45-34-31(35(46-37)47-14-15-52-21-39(3,50)20-47)36(51-4)44-33(32(34)42)27-19-26(49)16-23-8-5-9-28(41)30(23)27/h5,8-9,16,19,24-25,29,49-50H,6-7,10-15,17-18,20-22,43H2,1-4H3. The summed E-state index contributed by atoms with van der Waals surface area (Å²) in [6, 6.07) is 8.02. The fourth-order valence-electron chi connectivity index (χ4n) is 9.51. The minimum absolute atomic E-state index is 0.00639. The normalized spacial score (nSPS) is 28.2. The average molecular weight is 733 g/mol. The average Bonchev–Trinajstić information content (AvgIpc) is 3.43. The second-order valence-electron chi connectivity index (χ2n) is 16.7. The van der Waals surface area contributed by atoms with Gasteiger partial charge in [-0.25, -0.2) is 13.8 Å². The molecule has 0 radical (unpaired) electrons. The van der Waals surface area contributed by atoms with E-state index >= 15 is 8.78 Å². The minimum atomic E-state index is -1.23. The number of hydrogen-bond donors (Lipinski definition) is 3. The number of nitrogens with zero attached hydrogens (tertiary/aromatic N) is 5. The minimum Gasteiger partial charge on any atom is -0.508 e. The van der Waals surface area contributed by atoms with Crippen molar-refractivity contribution in [1.82, 2.24) is 19.9 Å². The van der Waals surface area contributed by atoms with E-state index in [1.807, 2.05) is 4.90 Å². The molecule has 284 valence electrons. The van der Waals surface area contributed by atoms with E-state index in [-0.39, 0.29) is 75.1 Å². The molecule has 3 unspecified atom stereocenters. The van der Waals surface area contributed by atoms with Gasteiger partial charge in [0, 0.05) is 40.5 Å². The Kier molecular flexibility index (Phi) is 9.15. The maximum absolute atomic E-state index is 17.2. The molecule has 8 rings (SSSR count). The first kappa shape index (κ1) is 36.1. The Hall–Kier alpha value is -3.91. The number of halogens is 2. The summed E-state index contributed by atoms with van der Waals surface area (Å²) in [6.07, 6.45) is 7.51. The molecule has 11 nitrogen and oxygen atoms in total. The monoisotopic (exact) mass is 732 g/mol. The van der Waals surface area contributed by atoms with E-state index in [4.69, 9.17) is 29.9 Å². The number of phenols is 1. The molecule has 2 saturated carbocycles. The number of fused-ring (bicyclic) bond motifs is 3. The number of likely N-dealkylation sites (tertiary alicyclic amines) is 1. The third-order valence-corrected chi connectivity index (χ3v) is 12.3. The van der Waals surface area contributed by atoms with Crippen LogP contribution in [0.4, 0.5) is 14.6 Å². The Morgan fingerprint density at radius 2 is 1.87 bits per heavy atom. The first-order valence-electron chi connectivity index (χ1n) is 18.9. The van der Waals surface area contributed by atoms with Crippen molar-refractivity contribution in [3.05, 3.63) is 42.0 Å². The number of nitrogens with two attached hydrogens (primary N) is 1. The number of rotatable bonds is 8. The van der Waals surface area contributed by atoms with E-state index in [1.54, 1.807) is 13.0 Å². The maximum atomic E-state index is 17.2. The van der Waals surface area contributed by atoms with Crippen LogP contribution in [0.15, 0.2) is 30.3 Å². The molecule has 53 heavy (non-hydrogen) atoms. The molecule has 0 spiro atoms. The maximum Gasteiger partial charge on any atom is 0.319 e. The van der Waals surface area contributed by atoms with Gasteiger partial charge in [-0.05, 0) is 95.3 Å². The Bertz CT molecular complexity index is 2040. The van der Waals surface area contributed by atoms with Crippen LogP contribution in [0, 0.1) is 23.0 Å². The zero-order valence-electron chi connectivity index (χ0n) is 31.0. The van der Waals surface area contributed by atoms with Gasteiger partial charge in [0.25, 0.3) is 0 Å². The van der Waals surface area contributed by atoms with Gasteiger partial charge in [0.2, 0.25) is 5.88 Å². The number of benzene rings is 2. The first-order chi connectivity index (χ1) is 25.3. The molecule has 0 amide bonds. The molecule has 13 heteroatoms. The van der Waals surface area contributed by atoms with Crippen molar-refractivity contribution in [3.63, 3.8) is 0 Å². The SMILES string of the molecule is COc1nc(-c2cc(O)cc3cccc(F)c23)c(F)c2nc(OCC34CCCC3N(C3CC(C(C)(C)N)C3)CCC4)nc(N3CCOCC(C)(O)C3)c12. The zero-order chi connectivity index (χ0) is 37.3. The highest BCUT2D eigenvalue weighted by Gasteiger charge is 2.52. The van der Waals surface area contributed by atoms with Crippen molar-refractivity contribution in [2.75, 3.05) is 51.5 Å². The molecule has 2 aliphatic heterocycles. The number of anilines is 1. The highest BCUT2D eigenvalue weighted by atomic mass is 19.1. The summed E-state index contributed by atoms with van der Waals surface area (Å²) in [5.41, 5.74) is 4.65. The van der Waals surface area contributed by atoms with Gasteiger partial charge < -0.3 is 35.1 Å². The lowest BCUT2D eigenvalue weighted by Crippen LogP contribution is -2.61. The van der Waals surface area contributed by atoms with Crippen LogP contribution in [-0.2, 0) is 4.74 Å². The zero-order valence-corrected chi connectivity index (χ0v) is 31.0. The van der Waals surface area contributed by atoms with Crippen LogP contribution in [0.3, 0.4) is 0 Å². The second kappa shape index (κ2) is 13.4. The summed E-state index contributed by atoms with van der Waals surface area (Å²) in [4.78, 5) is 18.7. The van der Waals surface area contributed by atoms with Gasteiger partial charge in [-0.1, -0.05) is 18.6 Å². The van der Waals surface area contributed by atoms with Crippen molar-refractivity contribution >= 4 is 27.5 Å². The van der Waals surface area contributed by atoms with Crippen LogP contribution in [-0.4, -0.2) is 99.9 Å². The topological polar surface area (TPSA) is 139 Å². The molecule has 4 aliphatic rings. The fourth-order valence-corrected chi connectivity index (χ4v) is 9.51. The van der Waals surface area contributed by atoms with Gasteiger partial charge in [-0.3, -0.25) is 4.90 Å². The van der Waals surface area contributed by atoms with Crippen molar-refractivity contribution in [3.8, 4) is 28.9 Å². The van der Waals surface area contributed by atoms with Gasteiger partial charge in [-0.15, -0.1) is 0 Å². The summed E-state index contributed by atoms with van der Waals surface area (Å²) < 4.78 is 50.6. The molecule has 2 aliphatic carbocycles. The van der Waals surface area contributed by atoms with Crippen LogP contribution in [0.25, 0.3) is 32.9 Å². The van der Waals surface area contributed by atoms with E-state index < -0.39 is 17.2 Å². The lowest BCUT2D eigenvalue weighted by atomic mass is 9.67. The summed E-state index contributed by atoms with van der Waals surface area (Å²) in [5, 5.41) is 22.4. The van der Waals surface area contributed by atoms with Gasteiger partial charge >= 0.3 is 6.01 Å². The van der Waals surface area contributed by atoms with Crippen LogP contribution in [0.2, 0.25) is 0 Å². The van der Waals surface area contributed by atoms with Gasteiger partial charge in [0.15, 0.2) is 5.82 Å². The lowest BCUT2D eigenvalue weighted by molar-refractivity contribution is -0.0616. The smallest absolute Gasteiger partial charge is 0.319 e. The van der Waals surface area contributed by atoms with E-state index in [9.17, 15) is 10.2 Å². The summed E-state index contributed by atoms with van der Waals surface area (Å²) in [5.74, 6) is -0.802. The Balaban J connectivity index is 1.22. The number of hydrogen-bond acceptors (Lipinski definition) is 11. The molecule has 4 fully saturated rings. The van der Waals surface area contributed by atoms with E-state index in [0.29, 0.717) is 43.1 Å². The van der Waals surface area contributed by atoms with Gasteiger partial charge in [-0.2, -0.15) is 9.97 Å². The predicted octanol–water partition coefficient (Wildman–Crippen LogP) is 5.95. The lowest BCUT2D eigenvalue weighted by Gasteiger charge is -2.55. The molecule has 0 bridgehead atoms. The van der Waals surface area contributed by atoms with E-state index in [1.165, 1.54) is 31.4 Å². The quantitative estimate of drug-likeness (QED) is 0.198. The molecule has 2 aromatic heterocycles. The largest absolute Gasteiger partial charge is 0.508 e. The second-order valence-corrected chi connectivity index (χ2v) is 16.7. The first-order valence-corrected chi connectivity index (χ1v) is 18.9. The number of ether oxygens (including phenoxy) is 3. The molecule has 2 saturated heterocycles. The molecular weight excluding hydrogens is 682 g/mol. The van der Waals surface area contributed by atoms with Crippen LogP contribution in [0.5, 0.6) is 17.6 Å².